The molecule has 1 fully saturated rings. The zero-order valence-corrected chi connectivity index (χ0v) is 10.2. The molecular weight excluding hydrogens is 234 g/mol. The molecule has 1 N–H and O–H groups in total. The molecule has 92 valence electrons. The van der Waals surface area contributed by atoms with E-state index in [-0.39, 0.29) is 5.16 Å². The number of hydrogen-bond acceptors (Lipinski definition) is 5. The van der Waals surface area contributed by atoms with Crippen LogP contribution in [0.3, 0.4) is 0 Å². The summed E-state index contributed by atoms with van der Waals surface area (Å²) in [5, 5.41) is 13.2. The lowest BCUT2D eigenvalue weighted by Gasteiger charge is -2.19. The number of hydrogen-bond donors (Lipinski definition) is 1. The summed E-state index contributed by atoms with van der Waals surface area (Å²) in [6, 6.07) is 0. The van der Waals surface area contributed by atoms with Crippen LogP contribution in [0.4, 0.5) is 0 Å². The lowest BCUT2D eigenvalue weighted by molar-refractivity contribution is -0.414. The first-order chi connectivity index (χ1) is 7.52. The van der Waals surface area contributed by atoms with Crippen molar-refractivity contribution in [2.75, 3.05) is 33.9 Å². The Morgan fingerprint density at radius 1 is 1.69 bits per heavy atom. The van der Waals surface area contributed by atoms with Gasteiger partial charge in [0, 0.05) is 33.2 Å². The second-order valence-electron chi connectivity index (χ2n) is 3.90. The van der Waals surface area contributed by atoms with Gasteiger partial charge in [0.2, 0.25) is 0 Å². The highest BCUT2D eigenvalue weighted by Crippen LogP contribution is 2.14. The minimum Gasteiger partial charge on any atom is -0.381 e. The molecular formula is C9H16ClN3O3. The molecule has 1 heterocycles. The standard InChI is InChI=1S/C9H16ClN3O3/c1-12(2)9(8(10)13(14)15)11-5-7-3-4-16-6-7/h7,11H,3-6H2,1-2H3. The fraction of sp³-hybridized carbons (Fsp3) is 0.778. The monoisotopic (exact) mass is 249 g/mol. The number of nitrogens with one attached hydrogen (secondary N) is 1. The molecule has 0 aromatic carbocycles. The van der Waals surface area contributed by atoms with Crippen LogP contribution >= 0.6 is 11.6 Å². The van der Waals surface area contributed by atoms with Crippen molar-refractivity contribution in [3.8, 4) is 0 Å². The van der Waals surface area contributed by atoms with Crippen molar-refractivity contribution in [2.45, 2.75) is 6.42 Å². The molecule has 0 bridgehead atoms. The highest BCUT2D eigenvalue weighted by atomic mass is 35.5. The van der Waals surface area contributed by atoms with E-state index in [4.69, 9.17) is 16.3 Å². The van der Waals surface area contributed by atoms with E-state index in [0.29, 0.717) is 24.9 Å². The highest BCUT2D eigenvalue weighted by Gasteiger charge is 2.21. The van der Waals surface area contributed by atoms with Gasteiger partial charge >= 0.3 is 5.16 Å². The Morgan fingerprint density at radius 3 is 2.81 bits per heavy atom. The smallest absolute Gasteiger partial charge is 0.377 e. The van der Waals surface area contributed by atoms with Crippen LogP contribution in [0, 0.1) is 16.0 Å². The van der Waals surface area contributed by atoms with Crippen LogP contribution in [0.25, 0.3) is 0 Å². The van der Waals surface area contributed by atoms with E-state index in [2.05, 4.69) is 5.32 Å². The van der Waals surface area contributed by atoms with Gasteiger partial charge in [0.1, 0.15) is 0 Å². The molecule has 1 aliphatic rings. The van der Waals surface area contributed by atoms with Crippen LogP contribution in [0.15, 0.2) is 11.0 Å². The van der Waals surface area contributed by atoms with Gasteiger partial charge in [-0.15, -0.1) is 0 Å². The van der Waals surface area contributed by atoms with E-state index in [1.807, 2.05) is 0 Å². The van der Waals surface area contributed by atoms with E-state index in [1.54, 1.807) is 19.0 Å². The van der Waals surface area contributed by atoms with Gasteiger partial charge in [0.05, 0.1) is 11.5 Å². The zero-order valence-electron chi connectivity index (χ0n) is 9.40. The molecule has 0 aromatic rings. The largest absolute Gasteiger partial charge is 0.381 e. The summed E-state index contributed by atoms with van der Waals surface area (Å²) in [4.78, 5) is 11.6. The van der Waals surface area contributed by atoms with Gasteiger partial charge in [-0.3, -0.25) is 10.1 Å². The summed E-state index contributed by atoms with van der Waals surface area (Å²) in [5.74, 6) is 0.727. The van der Waals surface area contributed by atoms with Gasteiger partial charge in [-0.1, -0.05) is 0 Å². The minimum absolute atomic E-state index is 0.332. The van der Waals surface area contributed by atoms with E-state index < -0.39 is 4.92 Å². The number of rotatable bonds is 5. The fourth-order valence-corrected chi connectivity index (χ4v) is 1.72. The van der Waals surface area contributed by atoms with Crippen LogP contribution in [0.1, 0.15) is 6.42 Å². The average Bonchev–Trinajstić information content (AvgIpc) is 2.69. The highest BCUT2D eigenvalue weighted by molar-refractivity contribution is 6.28. The number of nitrogens with zero attached hydrogens (tertiary/aromatic N) is 2. The predicted octanol–water partition coefficient (Wildman–Crippen LogP) is 0.816. The topological polar surface area (TPSA) is 67.6 Å². The number of halogens is 1. The molecule has 0 saturated carbocycles. The van der Waals surface area contributed by atoms with E-state index >= 15 is 0 Å². The Balaban J connectivity index is 2.57. The van der Waals surface area contributed by atoms with E-state index in [0.717, 1.165) is 13.0 Å². The molecule has 0 amide bonds. The molecule has 1 rings (SSSR count). The SMILES string of the molecule is CN(C)C(NCC1CCOC1)=C(Cl)[N+](=O)[O-]. The fourth-order valence-electron chi connectivity index (χ4n) is 1.49. The van der Waals surface area contributed by atoms with Crippen molar-refractivity contribution in [3.63, 3.8) is 0 Å². The van der Waals surface area contributed by atoms with Crippen LogP contribution in [0.5, 0.6) is 0 Å². The zero-order chi connectivity index (χ0) is 12.1. The molecule has 0 aromatic heterocycles. The summed E-state index contributed by atoms with van der Waals surface area (Å²) < 4.78 is 5.22. The summed E-state index contributed by atoms with van der Waals surface area (Å²) in [6.45, 7) is 2.09. The minimum atomic E-state index is -0.602. The van der Waals surface area contributed by atoms with E-state index in [1.165, 1.54) is 0 Å². The van der Waals surface area contributed by atoms with Crippen LogP contribution in [-0.2, 0) is 4.74 Å². The maximum atomic E-state index is 10.6. The van der Waals surface area contributed by atoms with Crippen LogP contribution < -0.4 is 5.32 Å². The van der Waals surface area contributed by atoms with Gasteiger partial charge in [-0.2, -0.15) is 0 Å². The predicted molar refractivity (Wildman–Crippen MR) is 60.5 cm³/mol. The maximum absolute atomic E-state index is 10.6. The summed E-state index contributed by atoms with van der Waals surface area (Å²) in [6.07, 6.45) is 0.976. The summed E-state index contributed by atoms with van der Waals surface area (Å²) in [7, 11) is 3.42. The van der Waals surface area contributed by atoms with Gasteiger partial charge in [-0.05, 0) is 18.0 Å². The van der Waals surface area contributed by atoms with Gasteiger partial charge < -0.3 is 15.0 Å². The molecule has 7 heteroatoms. The lowest BCUT2D eigenvalue weighted by Crippen LogP contribution is -2.32. The van der Waals surface area contributed by atoms with Crippen molar-refractivity contribution in [1.29, 1.82) is 0 Å². The molecule has 0 radical (unpaired) electrons. The third-order valence-corrected chi connectivity index (χ3v) is 2.70. The number of nitro groups is 1. The van der Waals surface area contributed by atoms with Crippen molar-refractivity contribution in [3.05, 3.63) is 21.1 Å². The normalized spacial score (nSPS) is 21.6. The van der Waals surface area contributed by atoms with Gasteiger partial charge in [-0.25, -0.2) is 0 Å². The first-order valence-corrected chi connectivity index (χ1v) is 5.43. The van der Waals surface area contributed by atoms with Crippen molar-refractivity contribution < 1.29 is 9.66 Å². The molecule has 1 unspecified atom stereocenters. The summed E-state index contributed by atoms with van der Waals surface area (Å²) in [5.41, 5.74) is 0. The third kappa shape index (κ3) is 3.53. The molecule has 1 saturated heterocycles. The number of ether oxygens (including phenoxy) is 1. The molecule has 1 atom stereocenters. The van der Waals surface area contributed by atoms with Crippen molar-refractivity contribution in [2.24, 2.45) is 5.92 Å². The van der Waals surface area contributed by atoms with Crippen molar-refractivity contribution in [1.82, 2.24) is 10.2 Å². The Morgan fingerprint density at radius 2 is 2.38 bits per heavy atom. The van der Waals surface area contributed by atoms with Crippen LogP contribution in [0.2, 0.25) is 0 Å². The lowest BCUT2D eigenvalue weighted by atomic mass is 10.1. The molecule has 16 heavy (non-hydrogen) atoms. The second kappa shape index (κ2) is 5.91. The maximum Gasteiger partial charge on any atom is 0.377 e. The van der Waals surface area contributed by atoms with Crippen LogP contribution in [-0.4, -0.2) is 43.7 Å². The third-order valence-electron chi connectivity index (χ3n) is 2.39. The first kappa shape index (κ1) is 13.1. The molecule has 0 spiro atoms. The second-order valence-corrected chi connectivity index (χ2v) is 4.26. The van der Waals surface area contributed by atoms with Gasteiger partial charge in [0.25, 0.3) is 0 Å². The molecule has 6 nitrogen and oxygen atoms in total. The van der Waals surface area contributed by atoms with E-state index in [9.17, 15) is 10.1 Å². The average molecular weight is 250 g/mol. The first-order valence-electron chi connectivity index (χ1n) is 5.05. The Hall–Kier alpha value is -1.01. The molecule has 1 aliphatic heterocycles. The molecule has 0 aliphatic carbocycles. The summed E-state index contributed by atoms with van der Waals surface area (Å²) >= 11 is 5.61. The van der Waals surface area contributed by atoms with Crippen molar-refractivity contribution >= 4 is 11.6 Å². The Kier molecular flexibility index (Phi) is 4.82. The van der Waals surface area contributed by atoms with Gasteiger partial charge in [0.15, 0.2) is 5.82 Å². The Bertz CT molecular complexity index is 288. The quantitative estimate of drug-likeness (QED) is 0.444. The Labute approximate surface area is 99.3 Å².